The summed E-state index contributed by atoms with van der Waals surface area (Å²) in [5, 5.41) is 3.64. The van der Waals surface area contributed by atoms with Crippen molar-refractivity contribution in [3.63, 3.8) is 0 Å². The number of rotatable bonds is 2. The van der Waals surface area contributed by atoms with Crippen LogP contribution in [-0.2, 0) is 9.63 Å². The number of aliphatic imine (C=N–C) groups is 2. The summed E-state index contributed by atoms with van der Waals surface area (Å²) in [6.07, 6.45) is 5.24. The van der Waals surface area contributed by atoms with Crippen molar-refractivity contribution in [2.45, 2.75) is 0 Å². The molecule has 20 heavy (non-hydrogen) atoms. The van der Waals surface area contributed by atoms with Crippen molar-refractivity contribution in [2.24, 2.45) is 15.1 Å². The van der Waals surface area contributed by atoms with Gasteiger partial charge < -0.3 is 4.90 Å². The van der Waals surface area contributed by atoms with E-state index in [0.717, 1.165) is 16.7 Å². The Balaban J connectivity index is 2.65. The van der Waals surface area contributed by atoms with Crippen LogP contribution < -0.4 is 0 Å². The largest absolute Gasteiger partial charge is 0.439 e. The fourth-order valence-corrected chi connectivity index (χ4v) is 1.53. The number of hydrogen-bond acceptors (Lipinski definition) is 7. The molecule has 1 aliphatic rings. The molecule has 0 radical (unpaired) electrons. The molecule has 0 aromatic heterocycles. The van der Waals surface area contributed by atoms with Crippen molar-refractivity contribution >= 4 is 41.4 Å². The van der Waals surface area contributed by atoms with E-state index in [1.165, 1.54) is 30.7 Å². The van der Waals surface area contributed by atoms with Crippen LogP contribution in [0.5, 0.6) is 0 Å². The Kier molecular flexibility index (Phi) is 5.91. The molecule has 0 saturated carbocycles. The first-order valence-electron chi connectivity index (χ1n) is 5.50. The number of carbonyl (C=O) groups is 2. The van der Waals surface area contributed by atoms with E-state index in [1.807, 2.05) is 0 Å². The van der Waals surface area contributed by atoms with Crippen molar-refractivity contribution in [3.8, 4) is 0 Å². The Labute approximate surface area is 120 Å². The number of hydrogen-bond donors (Lipinski definition) is 0. The third kappa shape index (κ3) is 4.50. The molecule has 0 bridgehead atoms. The maximum Gasteiger partial charge on any atom is 0.439 e. The Morgan fingerprint density at radius 1 is 1.40 bits per heavy atom. The Bertz CT molecular complexity index is 496. The third-order valence-corrected chi connectivity index (χ3v) is 2.72. The maximum absolute atomic E-state index is 11.7. The second kappa shape index (κ2) is 7.43. The van der Waals surface area contributed by atoms with Gasteiger partial charge in [-0.25, -0.2) is 14.8 Å². The molecule has 0 aromatic carbocycles. The quantitative estimate of drug-likeness (QED) is 0.326. The van der Waals surface area contributed by atoms with Crippen molar-refractivity contribution < 1.29 is 14.4 Å². The fraction of sp³-hybridized carbons (Fsp3) is 0.364. The lowest BCUT2D eigenvalue weighted by Crippen LogP contribution is -2.29. The van der Waals surface area contributed by atoms with Crippen molar-refractivity contribution in [1.29, 1.82) is 0 Å². The number of amides is 2. The van der Waals surface area contributed by atoms with Crippen molar-refractivity contribution in [1.82, 2.24) is 9.80 Å². The second-order valence-electron chi connectivity index (χ2n) is 3.84. The highest BCUT2D eigenvalue weighted by atomic mass is 32.2. The van der Waals surface area contributed by atoms with Crippen molar-refractivity contribution in [2.75, 3.05) is 27.4 Å². The summed E-state index contributed by atoms with van der Waals surface area (Å²) in [5.74, 6) is -0.334. The first kappa shape index (κ1) is 15.9. The summed E-state index contributed by atoms with van der Waals surface area (Å²) >= 11 is 1.10. The van der Waals surface area contributed by atoms with Gasteiger partial charge in [-0.05, 0) is 6.26 Å². The Morgan fingerprint density at radius 3 is 2.60 bits per heavy atom. The zero-order valence-electron chi connectivity index (χ0n) is 11.6. The van der Waals surface area contributed by atoms with E-state index < -0.39 is 6.09 Å². The number of thioether (sulfide) groups is 1. The lowest BCUT2D eigenvalue weighted by molar-refractivity contribution is -0.121. The predicted molar refractivity (Wildman–Crippen MR) is 79.0 cm³/mol. The summed E-state index contributed by atoms with van der Waals surface area (Å²) in [4.78, 5) is 38.2. The normalized spacial score (nSPS) is 15.6. The van der Waals surface area contributed by atoms with Gasteiger partial charge in [0.1, 0.15) is 6.34 Å². The third-order valence-electron chi connectivity index (χ3n) is 2.08. The molecule has 1 aliphatic heterocycles. The molecule has 0 atom stereocenters. The lowest BCUT2D eigenvalue weighted by atomic mass is 10.5. The zero-order chi connectivity index (χ0) is 15.1. The molecule has 0 saturated heterocycles. The highest BCUT2D eigenvalue weighted by Gasteiger charge is 2.15. The van der Waals surface area contributed by atoms with Crippen LogP contribution in [0.3, 0.4) is 0 Å². The average molecular weight is 297 g/mol. The van der Waals surface area contributed by atoms with Gasteiger partial charge in [-0.1, -0.05) is 5.16 Å². The predicted octanol–water partition coefficient (Wildman–Crippen LogP) is 0.774. The van der Waals surface area contributed by atoms with E-state index in [0.29, 0.717) is 5.70 Å². The molecular formula is C11H15N5O3S. The van der Waals surface area contributed by atoms with Gasteiger partial charge >= 0.3 is 6.09 Å². The van der Waals surface area contributed by atoms with E-state index >= 15 is 0 Å². The van der Waals surface area contributed by atoms with E-state index in [4.69, 9.17) is 4.84 Å². The van der Waals surface area contributed by atoms with Crippen LogP contribution in [0.1, 0.15) is 0 Å². The van der Waals surface area contributed by atoms with Gasteiger partial charge in [0.25, 0.3) is 5.91 Å². The Hall–Kier alpha value is -2.16. The van der Waals surface area contributed by atoms with E-state index in [9.17, 15) is 9.59 Å². The SMILES string of the molecule is CS/C(=N\OC(=O)N(C)/C=C1\C=NC=N1)C(=O)N(C)C. The summed E-state index contributed by atoms with van der Waals surface area (Å²) in [6.45, 7) is 0. The highest BCUT2D eigenvalue weighted by Crippen LogP contribution is 2.05. The van der Waals surface area contributed by atoms with Gasteiger partial charge in [0.2, 0.25) is 5.04 Å². The van der Waals surface area contributed by atoms with Crippen LogP contribution in [0, 0.1) is 0 Å². The average Bonchev–Trinajstić information content (AvgIpc) is 2.91. The van der Waals surface area contributed by atoms with Crippen LogP contribution in [0.4, 0.5) is 4.79 Å². The molecule has 1 heterocycles. The van der Waals surface area contributed by atoms with Crippen molar-refractivity contribution in [3.05, 3.63) is 11.9 Å². The summed E-state index contributed by atoms with van der Waals surface area (Å²) < 4.78 is 0. The summed E-state index contributed by atoms with van der Waals surface area (Å²) in [5.41, 5.74) is 0.517. The minimum atomic E-state index is -0.730. The van der Waals surface area contributed by atoms with E-state index in [-0.39, 0.29) is 11.0 Å². The molecule has 0 fully saturated rings. The van der Waals surface area contributed by atoms with Crippen LogP contribution >= 0.6 is 11.8 Å². The lowest BCUT2D eigenvalue weighted by Gasteiger charge is -2.12. The molecule has 0 unspecified atom stereocenters. The molecule has 2 amide bonds. The van der Waals surface area contributed by atoms with Gasteiger partial charge in [-0.2, -0.15) is 0 Å². The molecule has 0 aromatic rings. The minimum absolute atomic E-state index is 0.0878. The van der Waals surface area contributed by atoms with E-state index in [1.54, 1.807) is 20.4 Å². The number of carbonyl (C=O) groups excluding carboxylic acids is 2. The number of oxime groups is 1. The standard InChI is InChI=1S/C11H15N5O3S/c1-15(2)10(17)9(20-4)14-19-11(18)16(3)6-8-5-12-7-13-8/h5-7H,1-4H3/b8-6+,14-9-. The first-order chi connectivity index (χ1) is 9.45. The molecule has 1 rings (SSSR count). The monoisotopic (exact) mass is 297 g/mol. The molecule has 8 nitrogen and oxygen atoms in total. The Morgan fingerprint density at radius 2 is 2.10 bits per heavy atom. The molecule has 0 aliphatic carbocycles. The molecule has 0 spiro atoms. The number of nitrogens with zero attached hydrogens (tertiary/aromatic N) is 5. The smallest absolute Gasteiger partial charge is 0.343 e. The van der Waals surface area contributed by atoms with Crippen LogP contribution in [0.15, 0.2) is 27.0 Å². The van der Waals surface area contributed by atoms with E-state index in [2.05, 4.69) is 15.1 Å². The van der Waals surface area contributed by atoms with Crippen LogP contribution in [0.25, 0.3) is 0 Å². The van der Waals surface area contributed by atoms with Crippen LogP contribution in [-0.4, -0.2) is 66.8 Å². The molecular weight excluding hydrogens is 282 g/mol. The molecule has 108 valence electrons. The number of allylic oxidation sites excluding steroid dienone is 1. The fourth-order valence-electron chi connectivity index (χ4n) is 1.06. The summed E-state index contributed by atoms with van der Waals surface area (Å²) in [7, 11) is 4.66. The zero-order valence-corrected chi connectivity index (χ0v) is 12.4. The first-order valence-corrected chi connectivity index (χ1v) is 6.73. The van der Waals surface area contributed by atoms with Gasteiger partial charge in [-0.15, -0.1) is 11.8 Å². The van der Waals surface area contributed by atoms with Crippen LogP contribution in [0.2, 0.25) is 0 Å². The second-order valence-corrected chi connectivity index (χ2v) is 4.64. The van der Waals surface area contributed by atoms with Gasteiger partial charge in [-0.3, -0.25) is 14.5 Å². The topological polar surface area (TPSA) is 86.9 Å². The maximum atomic E-state index is 11.7. The minimum Gasteiger partial charge on any atom is -0.343 e. The van der Waals surface area contributed by atoms with Gasteiger partial charge in [0.05, 0.1) is 11.9 Å². The molecule has 0 N–H and O–H groups in total. The van der Waals surface area contributed by atoms with Gasteiger partial charge in [0.15, 0.2) is 0 Å². The molecule has 9 heteroatoms. The van der Waals surface area contributed by atoms with Gasteiger partial charge in [0, 0.05) is 27.3 Å². The highest BCUT2D eigenvalue weighted by molar-refractivity contribution is 8.15. The summed E-state index contributed by atoms with van der Waals surface area (Å²) in [6, 6.07) is 0.